The maximum atomic E-state index is 10.6. The van der Waals surface area contributed by atoms with Crippen LogP contribution >= 0.6 is 23.1 Å². The summed E-state index contributed by atoms with van der Waals surface area (Å²) >= 11 is 3.76. The normalized spacial score (nSPS) is 23.8. The highest BCUT2D eigenvalue weighted by Crippen LogP contribution is 2.35. The van der Waals surface area contributed by atoms with Gasteiger partial charge >= 0.3 is 5.97 Å². The van der Waals surface area contributed by atoms with Crippen LogP contribution in [0.3, 0.4) is 0 Å². The molecule has 104 valence electrons. The number of carbonyl (C=O) groups is 1. The fraction of sp³-hybridized carbons (Fsp3) is 0.533. The topological polar surface area (TPSA) is 37.3 Å². The molecule has 2 unspecified atom stereocenters. The van der Waals surface area contributed by atoms with Crippen molar-refractivity contribution in [2.24, 2.45) is 5.92 Å². The Morgan fingerprint density at radius 2 is 2.42 bits per heavy atom. The molecule has 1 aromatic rings. The van der Waals surface area contributed by atoms with E-state index in [1.54, 1.807) is 17.4 Å². The highest BCUT2D eigenvalue weighted by Gasteiger charge is 2.19. The maximum absolute atomic E-state index is 10.6. The number of hydrogen-bond acceptors (Lipinski definition) is 3. The molecule has 0 aromatic carbocycles. The Labute approximate surface area is 122 Å². The van der Waals surface area contributed by atoms with Gasteiger partial charge in [0.1, 0.15) is 0 Å². The molecule has 1 aromatic heterocycles. The minimum atomic E-state index is -0.883. The van der Waals surface area contributed by atoms with Crippen molar-refractivity contribution in [1.82, 2.24) is 0 Å². The number of carboxylic acids is 1. The molecule has 0 spiro atoms. The molecule has 0 amide bonds. The van der Waals surface area contributed by atoms with Gasteiger partial charge in [-0.1, -0.05) is 19.8 Å². The van der Waals surface area contributed by atoms with E-state index in [4.69, 9.17) is 5.11 Å². The number of hydrogen-bond donors (Lipinski definition) is 1. The number of aliphatic carboxylic acids is 1. The van der Waals surface area contributed by atoms with Gasteiger partial charge in [-0.05, 0) is 41.8 Å². The highest BCUT2D eigenvalue weighted by atomic mass is 32.2. The van der Waals surface area contributed by atoms with E-state index in [1.807, 2.05) is 23.2 Å². The molecule has 2 atom stereocenters. The van der Waals surface area contributed by atoms with Crippen LogP contribution in [0.1, 0.15) is 43.0 Å². The lowest BCUT2D eigenvalue weighted by Crippen LogP contribution is -2.15. The molecule has 0 radical (unpaired) electrons. The Balaban J connectivity index is 1.89. The largest absolute Gasteiger partial charge is 0.478 e. The van der Waals surface area contributed by atoms with E-state index < -0.39 is 5.97 Å². The van der Waals surface area contributed by atoms with Gasteiger partial charge in [-0.25, -0.2) is 4.79 Å². The maximum Gasteiger partial charge on any atom is 0.328 e. The van der Waals surface area contributed by atoms with E-state index >= 15 is 0 Å². The van der Waals surface area contributed by atoms with Crippen molar-refractivity contribution in [3.05, 3.63) is 28.0 Å². The predicted molar refractivity (Wildman–Crippen MR) is 83.7 cm³/mol. The van der Waals surface area contributed by atoms with Crippen molar-refractivity contribution in [2.75, 3.05) is 0 Å². The van der Waals surface area contributed by atoms with Crippen molar-refractivity contribution in [3.8, 4) is 0 Å². The molecule has 1 saturated carbocycles. The van der Waals surface area contributed by atoms with Gasteiger partial charge in [-0.2, -0.15) is 11.8 Å². The smallest absolute Gasteiger partial charge is 0.328 e. The second-order valence-corrected chi connectivity index (χ2v) is 7.46. The van der Waals surface area contributed by atoms with Gasteiger partial charge in [-0.3, -0.25) is 0 Å². The van der Waals surface area contributed by atoms with Gasteiger partial charge in [0.25, 0.3) is 0 Å². The Bertz CT molecular complexity index is 451. The third kappa shape index (κ3) is 4.69. The molecule has 1 heterocycles. The van der Waals surface area contributed by atoms with Crippen LogP contribution in [0.4, 0.5) is 0 Å². The summed E-state index contributed by atoms with van der Waals surface area (Å²) in [6.07, 6.45) is 8.33. The SMILES string of the molecule is CC1CCCC(SCc2sccc2C=CC(=O)O)C1. The third-order valence-corrected chi connectivity index (χ3v) is 6.00. The first-order valence-electron chi connectivity index (χ1n) is 6.74. The molecule has 19 heavy (non-hydrogen) atoms. The molecular formula is C15H20O2S2. The lowest BCUT2D eigenvalue weighted by Gasteiger charge is -2.26. The van der Waals surface area contributed by atoms with Crippen molar-refractivity contribution in [1.29, 1.82) is 0 Å². The summed E-state index contributed by atoms with van der Waals surface area (Å²) in [4.78, 5) is 11.9. The van der Waals surface area contributed by atoms with Crippen LogP contribution in [0.5, 0.6) is 0 Å². The van der Waals surface area contributed by atoms with Crippen LogP contribution in [0, 0.1) is 5.92 Å². The number of rotatable bonds is 5. The molecule has 1 fully saturated rings. The van der Waals surface area contributed by atoms with Gasteiger partial charge in [0.05, 0.1) is 0 Å². The quantitative estimate of drug-likeness (QED) is 0.803. The first-order valence-corrected chi connectivity index (χ1v) is 8.67. The van der Waals surface area contributed by atoms with E-state index in [9.17, 15) is 4.79 Å². The molecule has 0 saturated heterocycles. The van der Waals surface area contributed by atoms with Gasteiger partial charge in [0.2, 0.25) is 0 Å². The van der Waals surface area contributed by atoms with Crippen LogP contribution in [0.25, 0.3) is 6.08 Å². The van der Waals surface area contributed by atoms with E-state index in [0.29, 0.717) is 0 Å². The summed E-state index contributed by atoms with van der Waals surface area (Å²) in [6, 6.07) is 2.00. The Kier molecular flexibility index (Phi) is 5.52. The molecule has 0 bridgehead atoms. The lowest BCUT2D eigenvalue weighted by molar-refractivity contribution is -0.131. The first-order chi connectivity index (χ1) is 9.15. The molecule has 1 N–H and O–H groups in total. The number of thiophene rings is 1. The average molecular weight is 296 g/mol. The van der Waals surface area contributed by atoms with Crippen molar-refractivity contribution >= 4 is 35.1 Å². The molecule has 1 aliphatic carbocycles. The zero-order chi connectivity index (χ0) is 13.7. The van der Waals surface area contributed by atoms with Crippen molar-refractivity contribution in [3.63, 3.8) is 0 Å². The van der Waals surface area contributed by atoms with E-state index in [0.717, 1.165) is 22.5 Å². The van der Waals surface area contributed by atoms with Crippen LogP contribution in [-0.4, -0.2) is 16.3 Å². The van der Waals surface area contributed by atoms with Gasteiger partial charge in [0, 0.05) is 22.0 Å². The standard InChI is InChI=1S/C15H20O2S2/c1-11-3-2-4-13(9-11)19-10-14-12(7-8-18-14)5-6-15(16)17/h5-8,11,13H,2-4,9-10H2,1H3,(H,16,17). The van der Waals surface area contributed by atoms with Gasteiger partial charge in [-0.15, -0.1) is 11.3 Å². The lowest BCUT2D eigenvalue weighted by atomic mass is 9.91. The summed E-state index contributed by atoms with van der Waals surface area (Å²) in [6.45, 7) is 2.35. The van der Waals surface area contributed by atoms with Crippen LogP contribution in [-0.2, 0) is 10.5 Å². The zero-order valence-corrected chi connectivity index (χ0v) is 12.8. The molecule has 2 rings (SSSR count). The predicted octanol–water partition coefficient (Wildman–Crippen LogP) is 4.66. The fourth-order valence-electron chi connectivity index (χ4n) is 2.50. The summed E-state index contributed by atoms with van der Waals surface area (Å²) in [5, 5.41) is 11.5. The zero-order valence-electron chi connectivity index (χ0n) is 11.2. The summed E-state index contributed by atoms with van der Waals surface area (Å²) in [5.41, 5.74) is 1.06. The van der Waals surface area contributed by atoms with Crippen LogP contribution in [0.15, 0.2) is 17.5 Å². The summed E-state index contributed by atoms with van der Waals surface area (Å²) in [5.74, 6) is 0.987. The summed E-state index contributed by atoms with van der Waals surface area (Å²) < 4.78 is 0. The Hall–Kier alpha value is -0.740. The van der Waals surface area contributed by atoms with E-state index in [1.165, 1.54) is 36.6 Å². The number of thioether (sulfide) groups is 1. The minimum Gasteiger partial charge on any atom is -0.478 e. The molecule has 4 heteroatoms. The highest BCUT2D eigenvalue weighted by molar-refractivity contribution is 7.99. The first kappa shape index (κ1) is 14.7. The Morgan fingerprint density at radius 1 is 1.58 bits per heavy atom. The van der Waals surface area contributed by atoms with Crippen LogP contribution in [0.2, 0.25) is 0 Å². The third-order valence-electron chi connectivity index (χ3n) is 3.52. The Morgan fingerprint density at radius 3 is 3.16 bits per heavy atom. The van der Waals surface area contributed by atoms with E-state index in [-0.39, 0.29) is 0 Å². The molecule has 2 nitrogen and oxygen atoms in total. The molecule has 1 aliphatic rings. The average Bonchev–Trinajstić information content (AvgIpc) is 2.81. The minimum absolute atomic E-state index is 0.780. The second kappa shape index (κ2) is 7.15. The van der Waals surface area contributed by atoms with Crippen LogP contribution < -0.4 is 0 Å². The van der Waals surface area contributed by atoms with E-state index in [2.05, 4.69) is 6.92 Å². The molecular weight excluding hydrogens is 276 g/mol. The van der Waals surface area contributed by atoms with Gasteiger partial charge in [0.15, 0.2) is 0 Å². The summed E-state index contributed by atoms with van der Waals surface area (Å²) in [7, 11) is 0. The molecule has 0 aliphatic heterocycles. The van der Waals surface area contributed by atoms with Crippen molar-refractivity contribution in [2.45, 2.75) is 43.6 Å². The van der Waals surface area contributed by atoms with Gasteiger partial charge < -0.3 is 5.11 Å². The fourth-order valence-corrected chi connectivity index (χ4v) is 4.98. The monoisotopic (exact) mass is 296 g/mol. The van der Waals surface area contributed by atoms with Crippen molar-refractivity contribution < 1.29 is 9.90 Å². The second-order valence-electron chi connectivity index (χ2n) is 5.18. The number of carboxylic acid groups (broad SMARTS) is 1.